The fourth-order valence-electron chi connectivity index (χ4n) is 2.85. The lowest BCUT2D eigenvalue weighted by Gasteiger charge is -2.08. The molecule has 1 aromatic carbocycles. The summed E-state index contributed by atoms with van der Waals surface area (Å²) in [5.74, 6) is 0.386. The van der Waals surface area contributed by atoms with Crippen molar-refractivity contribution in [2.75, 3.05) is 79.8 Å². The van der Waals surface area contributed by atoms with E-state index in [0.29, 0.717) is 66.1 Å². The predicted octanol–water partition coefficient (Wildman–Crippen LogP) is 1.59. The number of hydrogen-bond donors (Lipinski definition) is 0. The van der Waals surface area contributed by atoms with E-state index in [1.807, 2.05) is 47.6 Å². The summed E-state index contributed by atoms with van der Waals surface area (Å²) in [6.45, 7) is 9.16. The van der Waals surface area contributed by atoms with Crippen molar-refractivity contribution in [2.24, 2.45) is 0 Å². The highest BCUT2D eigenvalue weighted by atomic mass is 16.6. The molecule has 0 unspecified atom stereocenters. The van der Waals surface area contributed by atoms with Crippen molar-refractivity contribution in [3.8, 4) is 11.4 Å². The van der Waals surface area contributed by atoms with Crippen molar-refractivity contribution < 1.29 is 42.5 Å². The molecule has 194 valence electrons. The highest BCUT2D eigenvalue weighted by molar-refractivity contribution is 5.81. The van der Waals surface area contributed by atoms with Crippen LogP contribution in [0.15, 0.2) is 55.6 Å². The van der Waals surface area contributed by atoms with Crippen molar-refractivity contribution in [1.29, 1.82) is 0 Å². The first kappa shape index (κ1) is 28.5. The van der Waals surface area contributed by atoms with Gasteiger partial charge in [0, 0.05) is 6.08 Å². The van der Waals surface area contributed by atoms with E-state index in [-0.39, 0.29) is 6.61 Å². The summed E-state index contributed by atoms with van der Waals surface area (Å²) in [5, 5.41) is 0. The second kappa shape index (κ2) is 18.6. The van der Waals surface area contributed by atoms with Crippen LogP contribution in [-0.4, -0.2) is 90.3 Å². The summed E-state index contributed by atoms with van der Waals surface area (Å²) < 4.78 is 41.3. The monoisotopic (exact) mass is 493 g/mol. The lowest BCUT2D eigenvalue weighted by molar-refractivity contribution is -0.697. The Morgan fingerprint density at radius 3 is 1.86 bits per heavy atom. The molecular formula is C25H37N2O8+. The lowest BCUT2D eigenvalue weighted by Crippen LogP contribution is -2.33. The van der Waals surface area contributed by atoms with Crippen molar-refractivity contribution in [3.05, 3.63) is 55.6 Å². The largest absolute Gasteiger partial charge is 0.497 e. The van der Waals surface area contributed by atoms with Gasteiger partial charge in [-0.2, -0.15) is 0 Å². The number of hydrogen-bond acceptors (Lipinski definition) is 8. The Morgan fingerprint density at radius 2 is 1.34 bits per heavy atom. The summed E-state index contributed by atoms with van der Waals surface area (Å²) in [7, 11) is 1.66. The molecule has 2 rings (SSSR count). The molecule has 2 aromatic rings. The van der Waals surface area contributed by atoms with Crippen LogP contribution >= 0.6 is 0 Å². The van der Waals surface area contributed by atoms with E-state index < -0.39 is 5.97 Å². The normalized spacial score (nSPS) is 10.9. The van der Waals surface area contributed by atoms with Gasteiger partial charge in [-0.25, -0.2) is 13.9 Å². The molecule has 10 heteroatoms. The van der Waals surface area contributed by atoms with Crippen molar-refractivity contribution in [1.82, 2.24) is 4.57 Å². The maximum absolute atomic E-state index is 10.8. The molecule has 0 saturated carbocycles. The molecule has 0 fully saturated rings. The van der Waals surface area contributed by atoms with Gasteiger partial charge >= 0.3 is 5.97 Å². The third kappa shape index (κ3) is 13.1. The summed E-state index contributed by atoms with van der Waals surface area (Å²) >= 11 is 0. The molecule has 0 saturated heterocycles. The molecule has 0 atom stereocenters. The van der Waals surface area contributed by atoms with Crippen LogP contribution in [0.4, 0.5) is 0 Å². The average molecular weight is 494 g/mol. The van der Waals surface area contributed by atoms with E-state index in [4.69, 9.17) is 33.2 Å². The van der Waals surface area contributed by atoms with Gasteiger partial charge in [0.15, 0.2) is 0 Å². The SMILES string of the molecule is C=CC(=O)OCCOCCOCCOCCOCCOCC[n+]1ccn(-c2ccc(OC)cc2)c1. The van der Waals surface area contributed by atoms with Gasteiger partial charge in [-0.1, -0.05) is 6.58 Å². The molecule has 1 aromatic heterocycles. The van der Waals surface area contributed by atoms with Crippen molar-refractivity contribution in [2.45, 2.75) is 6.54 Å². The summed E-state index contributed by atoms with van der Waals surface area (Å²) in [5.41, 5.74) is 1.07. The van der Waals surface area contributed by atoms with Gasteiger partial charge in [0.2, 0.25) is 6.33 Å². The average Bonchev–Trinajstić information content (AvgIpc) is 3.36. The first-order valence-corrected chi connectivity index (χ1v) is 11.6. The highest BCUT2D eigenvalue weighted by Crippen LogP contribution is 2.13. The van der Waals surface area contributed by atoms with E-state index in [0.717, 1.165) is 24.1 Å². The van der Waals surface area contributed by atoms with Crippen LogP contribution in [0.25, 0.3) is 5.69 Å². The van der Waals surface area contributed by atoms with Gasteiger partial charge in [0.05, 0.1) is 73.2 Å². The molecule has 0 aliphatic rings. The van der Waals surface area contributed by atoms with E-state index >= 15 is 0 Å². The Kier molecular flexibility index (Phi) is 15.1. The fraction of sp³-hybridized carbons (Fsp3) is 0.520. The van der Waals surface area contributed by atoms with E-state index in [2.05, 4.69) is 11.1 Å². The number of methoxy groups -OCH3 is 1. The third-order valence-corrected chi connectivity index (χ3v) is 4.68. The summed E-state index contributed by atoms with van der Waals surface area (Å²) in [6.07, 6.45) is 7.17. The number of aromatic nitrogens is 2. The minimum absolute atomic E-state index is 0.206. The van der Waals surface area contributed by atoms with Gasteiger partial charge in [-0.05, 0) is 24.3 Å². The maximum atomic E-state index is 10.8. The van der Waals surface area contributed by atoms with Crippen LogP contribution in [0.1, 0.15) is 0 Å². The molecule has 0 bridgehead atoms. The molecule has 0 radical (unpaired) electrons. The number of esters is 1. The zero-order valence-corrected chi connectivity index (χ0v) is 20.5. The number of carbonyl (C=O) groups is 1. The number of imidazole rings is 1. The standard InChI is InChI=1S/C25H37N2O8/c1-3-25(28)35-21-20-34-19-18-33-17-16-32-15-14-31-13-12-30-11-10-26-8-9-27(22-26)23-4-6-24(29-2)7-5-23/h3-9,22H,1,10-21H2,2H3/q+1. The van der Waals surface area contributed by atoms with E-state index in [1.54, 1.807) is 7.11 Å². The molecule has 35 heavy (non-hydrogen) atoms. The topological polar surface area (TPSA) is 90.5 Å². The molecule has 0 aliphatic heterocycles. The summed E-state index contributed by atoms with van der Waals surface area (Å²) in [4.78, 5) is 10.8. The molecule has 0 N–H and O–H groups in total. The minimum Gasteiger partial charge on any atom is -0.497 e. The van der Waals surface area contributed by atoms with Gasteiger partial charge < -0.3 is 33.2 Å². The number of ether oxygens (including phenoxy) is 7. The van der Waals surface area contributed by atoms with E-state index in [1.165, 1.54) is 0 Å². The maximum Gasteiger partial charge on any atom is 0.330 e. The van der Waals surface area contributed by atoms with Gasteiger partial charge in [0.25, 0.3) is 0 Å². The molecule has 10 nitrogen and oxygen atoms in total. The van der Waals surface area contributed by atoms with Gasteiger partial charge in [0.1, 0.15) is 37.0 Å². The first-order valence-electron chi connectivity index (χ1n) is 11.6. The third-order valence-electron chi connectivity index (χ3n) is 4.68. The predicted molar refractivity (Wildman–Crippen MR) is 128 cm³/mol. The molecular weight excluding hydrogens is 456 g/mol. The van der Waals surface area contributed by atoms with Gasteiger partial charge in [-0.15, -0.1) is 0 Å². The van der Waals surface area contributed by atoms with Crippen molar-refractivity contribution >= 4 is 5.97 Å². The number of benzene rings is 1. The van der Waals surface area contributed by atoms with Crippen LogP contribution in [0.5, 0.6) is 5.75 Å². The van der Waals surface area contributed by atoms with Crippen LogP contribution in [0.2, 0.25) is 0 Å². The Hall–Kier alpha value is -2.76. The summed E-state index contributed by atoms with van der Waals surface area (Å²) in [6, 6.07) is 7.91. The quantitative estimate of drug-likeness (QED) is 0.112. The molecule has 0 spiro atoms. The lowest BCUT2D eigenvalue weighted by atomic mass is 10.3. The van der Waals surface area contributed by atoms with Crippen LogP contribution in [-0.2, 0) is 39.8 Å². The first-order chi connectivity index (χ1) is 17.2. The highest BCUT2D eigenvalue weighted by Gasteiger charge is 2.06. The minimum atomic E-state index is -0.453. The second-order valence-electron chi connectivity index (χ2n) is 7.19. The molecule has 0 aliphatic carbocycles. The number of rotatable bonds is 21. The Balaban J connectivity index is 1.33. The molecule has 1 heterocycles. The Bertz CT molecular complexity index is 825. The van der Waals surface area contributed by atoms with Crippen LogP contribution < -0.4 is 9.30 Å². The van der Waals surface area contributed by atoms with E-state index in [9.17, 15) is 4.79 Å². The second-order valence-corrected chi connectivity index (χ2v) is 7.19. The Morgan fingerprint density at radius 1 is 0.829 bits per heavy atom. The smallest absolute Gasteiger partial charge is 0.330 e. The van der Waals surface area contributed by atoms with Crippen LogP contribution in [0.3, 0.4) is 0 Å². The molecule has 0 amide bonds. The zero-order chi connectivity index (χ0) is 25.0. The van der Waals surface area contributed by atoms with Crippen LogP contribution in [0, 0.1) is 0 Å². The fourth-order valence-corrected chi connectivity index (χ4v) is 2.85. The van der Waals surface area contributed by atoms with Crippen molar-refractivity contribution in [3.63, 3.8) is 0 Å². The van der Waals surface area contributed by atoms with Gasteiger partial charge in [-0.3, -0.25) is 0 Å². The Labute approximate surface area is 206 Å². The number of nitrogens with zero attached hydrogens (tertiary/aromatic N) is 2. The zero-order valence-electron chi connectivity index (χ0n) is 20.5. The number of carbonyl (C=O) groups excluding carboxylic acids is 1.